The number of nitrogens with zero attached hydrogens (tertiary/aromatic N) is 4. The second kappa shape index (κ2) is 10.8. The molecule has 0 saturated carbocycles. The highest BCUT2D eigenvalue weighted by Gasteiger charge is 2.30. The zero-order chi connectivity index (χ0) is 19.7. The zero-order valence-electron chi connectivity index (χ0n) is 17.9. The van der Waals surface area contributed by atoms with Gasteiger partial charge in [-0.2, -0.15) is 0 Å². The molecular formula is C21H31Cl2N5OS. The van der Waals surface area contributed by atoms with Crippen LogP contribution in [0.3, 0.4) is 0 Å². The predicted octanol–water partition coefficient (Wildman–Crippen LogP) is 2.48. The molecule has 0 aliphatic carbocycles. The van der Waals surface area contributed by atoms with Crippen LogP contribution in [0.5, 0.6) is 0 Å². The molecule has 0 aromatic carbocycles. The summed E-state index contributed by atoms with van der Waals surface area (Å²) in [5.41, 5.74) is 2.20. The Morgan fingerprint density at radius 1 is 1.30 bits per heavy atom. The maximum Gasteiger partial charge on any atom is 0.124 e. The number of hydrogen-bond donors (Lipinski definition) is 1. The lowest BCUT2D eigenvalue weighted by atomic mass is 10.1. The molecule has 2 aliphatic rings. The smallest absolute Gasteiger partial charge is 0.124 e. The largest absolute Gasteiger partial charge is 0.385 e. The van der Waals surface area contributed by atoms with Gasteiger partial charge in [-0.3, -0.25) is 9.88 Å². The Labute approximate surface area is 194 Å². The third-order valence-corrected chi connectivity index (χ3v) is 6.82. The van der Waals surface area contributed by atoms with Crippen LogP contribution >= 0.6 is 36.2 Å². The van der Waals surface area contributed by atoms with Crippen molar-refractivity contribution in [1.29, 1.82) is 0 Å². The van der Waals surface area contributed by atoms with Crippen LogP contribution in [0.15, 0.2) is 18.3 Å². The fourth-order valence-corrected chi connectivity index (χ4v) is 4.78. The van der Waals surface area contributed by atoms with Gasteiger partial charge in [0.1, 0.15) is 10.7 Å². The van der Waals surface area contributed by atoms with Gasteiger partial charge in [0.25, 0.3) is 0 Å². The Balaban J connectivity index is 0.00000160. The summed E-state index contributed by atoms with van der Waals surface area (Å²) in [5.74, 6) is 0.408. The molecular weight excluding hydrogens is 441 g/mol. The van der Waals surface area contributed by atoms with Gasteiger partial charge in [-0.25, -0.2) is 4.98 Å². The quantitative estimate of drug-likeness (QED) is 0.722. The highest BCUT2D eigenvalue weighted by molar-refractivity contribution is 7.16. The number of fused-ring (bicyclic) bond motifs is 2. The van der Waals surface area contributed by atoms with Gasteiger partial charge < -0.3 is 15.0 Å². The van der Waals surface area contributed by atoms with E-state index in [0.29, 0.717) is 12.0 Å². The van der Waals surface area contributed by atoms with Gasteiger partial charge in [-0.1, -0.05) is 13.8 Å². The van der Waals surface area contributed by atoms with Gasteiger partial charge >= 0.3 is 0 Å². The lowest BCUT2D eigenvalue weighted by molar-refractivity contribution is 0.0959. The molecule has 0 spiro atoms. The molecule has 2 aliphatic heterocycles. The average Bonchev–Trinajstić information content (AvgIpc) is 3.05. The standard InChI is InChI=1S/C21H29N5OS.2ClH/c1-14(2)20-24-18-19(26-10-9-25(3)16(13-26)7-11-27-4)17-15(6-5-8-22-17)12-23-21(18)28-20;;/h5-6,8,12,14,16,23H,7,9-11,13H2,1-4H3;2*1H. The molecule has 2 aromatic heterocycles. The lowest BCUT2D eigenvalue weighted by Gasteiger charge is -2.41. The van der Waals surface area contributed by atoms with Gasteiger partial charge in [0.05, 0.1) is 16.1 Å². The minimum Gasteiger partial charge on any atom is -0.385 e. The molecule has 1 atom stereocenters. The van der Waals surface area contributed by atoms with E-state index in [1.807, 2.05) is 12.3 Å². The van der Waals surface area contributed by atoms with E-state index in [0.717, 1.165) is 64.6 Å². The van der Waals surface area contributed by atoms with Crippen LogP contribution in [-0.2, 0) is 4.74 Å². The van der Waals surface area contributed by atoms with Crippen LogP contribution in [-0.4, -0.2) is 66.2 Å². The molecule has 30 heavy (non-hydrogen) atoms. The van der Waals surface area contributed by atoms with Gasteiger partial charge in [0.2, 0.25) is 0 Å². The summed E-state index contributed by atoms with van der Waals surface area (Å²) < 4.78 is 5.35. The molecule has 9 heteroatoms. The average molecular weight is 472 g/mol. The normalized spacial score (nSPS) is 18.4. The molecule has 0 radical (unpaired) electrons. The van der Waals surface area contributed by atoms with Crippen LogP contribution in [0.25, 0.3) is 11.9 Å². The number of thiazole rings is 1. The van der Waals surface area contributed by atoms with Crippen molar-refractivity contribution in [3.8, 4) is 0 Å². The Kier molecular flexibility index (Phi) is 8.94. The third kappa shape index (κ3) is 4.92. The molecule has 4 heterocycles. The number of likely N-dealkylation sites (N-methyl/N-ethyl adjacent to an activating group) is 1. The Morgan fingerprint density at radius 2 is 2.10 bits per heavy atom. The van der Waals surface area contributed by atoms with Crippen LogP contribution in [0, 0.1) is 0 Å². The Morgan fingerprint density at radius 3 is 2.83 bits per heavy atom. The van der Waals surface area contributed by atoms with Crippen molar-refractivity contribution in [2.24, 2.45) is 0 Å². The number of ether oxygens (including phenoxy) is 1. The molecule has 1 saturated heterocycles. The predicted molar refractivity (Wildman–Crippen MR) is 129 cm³/mol. The number of methoxy groups -OCH3 is 1. The van der Waals surface area contributed by atoms with Crippen molar-refractivity contribution in [3.63, 3.8) is 0 Å². The minimum absolute atomic E-state index is 0. The van der Waals surface area contributed by atoms with Gasteiger partial charge in [0.15, 0.2) is 0 Å². The first kappa shape index (κ1) is 24.9. The second-order valence-corrected chi connectivity index (χ2v) is 8.86. The molecule has 0 bridgehead atoms. The van der Waals surface area contributed by atoms with E-state index < -0.39 is 0 Å². The number of pyridine rings is 1. The zero-order valence-corrected chi connectivity index (χ0v) is 20.4. The first-order chi connectivity index (χ1) is 13.6. The Bertz CT molecular complexity index is 965. The first-order valence-corrected chi connectivity index (χ1v) is 10.8. The van der Waals surface area contributed by atoms with E-state index in [9.17, 15) is 0 Å². The van der Waals surface area contributed by atoms with E-state index in [1.54, 1.807) is 18.4 Å². The highest BCUT2D eigenvalue weighted by Crippen LogP contribution is 2.35. The number of rotatable bonds is 5. The topological polar surface area (TPSA) is 53.5 Å². The van der Waals surface area contributed by atoms with E-state index >= 15 is 0 Å². The van der Waals surface area contributed by atoms with Gasteiger partial charge in [-0.15, -0.1) is 36.2 Å². The van der Waals surface area contributed by atoms with Crippen molar-refractivity contribution in [1.82, 2.24) is 19.8 Å². The van der Waals surface area contributed by atoms with Crippen molar-refractivity contribution in [2.75, 3.05) is 45.7 Å². The summed E-state index contributed by atoms with van der Waals surface area (Å²) in [5, 5.41) is 7.90. The number of nitrogens with one attached hydrogen (secondary N) is 1. The van der Waals surface area contributed by atoms with Crippen molar-refractivity contribution >= 4 is 53.0 Å². The number of anilines is 1. The molecule has 1 N–H and O–H groups in total. The van der Waals surface area contributed by atoms with Crippen molar-refractivity contribution in [3.05, 3.63) is 39.6 Å². The van der Waals surface area contributed by atoms with Crippen LogP contribution in [0.4, 0.5) is 5.00 Å². The maximum absolute atomic E-state index is 5.35. The summed E-state index contributed by atoms with van der Waals surface area (Å²) in [6.45, 7) is 8.13. The van der Waals surface area contributed by atoms with E-state index in [2.05, 4.69) is 48.3 Å². The number of aromatic nitrogens is 2. The summed E-state index contributed by atoms with van der Waals surface area (Å²) in [4.78, 5) is 14.7. The molecule has 1 fully saturated rings. The molecule has 2 aromatic rings. The second-order valence-electron chi connectivity index (χ2n) is 7.82. The van der Waals surface area contributed by atoms with Crippen molar-refractivity contribution < 1.29 is 4.74 Å². The lowest BCUT2D eigenvalue weighted by Crippen LogP contribution is -2.52. The maximum atomic E-state index is 5.35. The van der Waals surface area contributed by atoms with Crippen LogP contribution in [0.2, 0.25) is 0 Å². The summed E-state index contributed by atoms with van der Waals surface area (Å²) in [7, 11) is 3.99. The molecule has 0 amide bonds. The fraction of sp³-hybridized carbons (Fsp3) is 0.524. The molecule has 1 unspecified atom stereocenters. The summed E-state index contributed by atoms with van der Waals surface area (Å²) in [6.07, 6.45) is 4.97. The number of halogens is 2. The van der Waals surface area contributed by atoms with Crippen LogP contribution < -0.4 is 15.9 Å². The minimum atomic E-state index is 0. The monoisotopic (exact) mass is 471 g/mol. The van der Waals surface area contributed by atoms with Crippen molar-refractivity contribution in [2.45, 2.75) is 32.2 Å². The summed E-state index contributed by atoms with van der Waals surface area (Å²) in [6, 6.07) is 4.57. The van der Waals surface area contributed by atoms with E-state index in [4.69, 9.17) is 14.7 Å². The first-order valence-electron chi connectivity index (χ1n) is 9.95. The summed E-state index contributed by atoms with van der Waals surface area (Å²) >= 11 is 1.75. The SMILES string of the molecule is COCCC1CN(C2=c3ncccc3=CNc3sc(C(C)C)nc32)CCN1C.Cl.Cl. The molecule has 6 nitrogen and oxygen atoms in total. The number of piperazine rings is 1. The number of hydrogen-bond acceptors (Lipinski definition) is 7. The van der Waals surface area contributed by atoms with Gasteiger partial charge in [0, 0.05) is 62.9 Å². The molecule has 4 rings (SSSR count). The van der Waals surface area contributed by atoms with E-state index in [1.165, 1.54) is 0 Å². The Hall–Kier alpha value is -1.38. The third-order valence-electron chi connectivity index (χ3n) is 5.53. The molecule has 166 valence electrons. The highest BCUT2D eigenvalue weighted by atomic mass is 35.5. The fourth-order valence-electron chi connectivity index (χ4n) is 3.84. The van der Waals surface area contributed by atoms with Crippen LogP contribution in [0.1, 0.15) is 36.9 Å². The van der Waals surface area contributed by atoms with E-state index in [-0.39, 0.29) is 24.8 Å². The van der Waals surface area contributed by atoms with Gasteiger partial charge in [-0.05, 0) is 25.6 Å².